The van der Waals surface area contributed by atoms with E-state index in [1.807, 2.05) is 24.4 Å². The van der Waals surface area contributed by atoms with E-state index in [0.29, 0.717) is 19.6 Å². The molecule has 2 N–H and O–H groups in total. The number of methoxy groups -OCH3 is 2. The Morgan fingerprint density at radius 3 is 2.75 bits per heavy atom. The Balaban J connectivity index is 2.00. The van der Waals surface area contributed by atoms with Gasteiger partial charge in [0.15, 0.2) is 0 Å². The van der Waals surface area contributed by atoms with Crippen LogP contribution < -0.4 is 10.1 Å². The first-order valence-electron chi connectivity index (χ1n) is 9.66. The van der Waals surface area contributed by atoms with E-state index in [1.165, 1.54) is 5.56 Å². The van der Waals surface area contributed by atoms with Crippen molar-refractivity contribution in [3.8, 4) is 5.75 Å². The van der Waals surface area contributed by atoms with Crippen molar-refractivity contribution in [2.75, 3.05) is 27.4 Å². The zero-order chi connectivity index (χ0) is 19.9. The van der Waals surface area contributed by atoms with E-state index in [1.54, 1.807) is 14.2 Å². The van der Waals surface area contributed by atoms with E-state index in [9.17, 15) is 4.79 Å². The summed E-state index contributed by atoms with van der Waals surface area (Å²) in [5.41, 5.74) is 4.61. The Kier molecular flexibility index (Phi) is 6.71. The second-order valence-electron chi connectivity index (χ2n) is 6.81. The summed E-state index contributed by atoms with van der Waals surface area (Å²) >= 11 is 0. The summed E-state index contributed by atoms with van der Waals surface area (Å²) < 4.78 is 10.4. The Hall–Kier alpha value is -2.79. The molecule has 5 nitrogen and oxygen atoms in total. The summed E-state index contributed by atoms with van der Waals surface area (Å²) in [6, 6.07) is 14.3. The number of hydrogen-bond donors (Lipinski definition) is 2. The zero-order valence-corrected chi connectivity index (χ0v) is 16.7. The number of hydrogen-bond acceptors (Lipinski definition) is 3. The van der Waals surface area contributed by atoms with Crippen LogP contribution in [0.4, 0.5) is 0 Å². The van der Waals surface area contributed by atoms with Gasteiger partial charge in [-0.1, -0.05) is 37.3 Å². The fourth-order valence-corrected chi connectivity index (χ4v) is 3.64. The average molecular weight is 380 g/mol. The first kappa shape index (κ1) is 20.0. The number of nitrogens with one attached hydrogen (secondary N) is 2. The summed E-state index contributed by atoms with van der Waals surface area (Å²) in [4.78, 5) is 16.0. The SMILES string of the molecule is CCc1cccc2c(C(CC(=O)NCCOC)c3cccc(OC)c3)c[nH]c12. The number of aromatic amines is 1. The van der Waals surface area contributed by atoms with Gasteiger partial charge in [-0.2, -0.15) is 0 Å². The van der Waals surface area contributed by atoms with Crippen LogP contribution in [0.5, 0.6) is 5.75 Å². The lowest BCUT2D eigenvalue weighted by Gasteiger charge is -2.18. The molecule has 28 heavy (non-hydrogen) atoms. The molecule has 0 aliphatic heterocycles. The highest BCUT2D eigenvalue weighted by Crippen LogP contribution is 2.35. The quantitative estimate of drug-likeness (QED) is 0.551. The molecular formula is C23H28N2O3. The third-order valence-electron chi connectivity index (χ3n) is 5.10. The van der Waals surface area contributed by atoms with E-state index in [-0.39, 0.29) is 11.8 Å². The van der Waals surface area contributed by atoms with E-state index in [0.717, 1.165) is 34.2 Å². The topological polar surface area (TPSA) is 63.4 Å². The number of amides is 1. The molecule has 0 bridgehead atoms. The zero-order valence-electron chi connectivity index (χ0n) is 16.7. The maximum Gasteiger partial charge on any atom is 0.221 e. The molecule has 148 valence electrons. The van der Waals surface area contributed by atoms with Crippen LogP contribution in [0.2, 0.25) is 0 Å². The van der Waals surface area contributed by atoms with Crippen LogP contribution in [0.3, 0.4) is 0 Å². The number of aryl methyl sites for hydroxylation is 1. The molecule has 1 amide bonds. The first-order valence-corrected chi connectivity index (χ1v) is 9.66. The molecule has 1 aromatic heterocycles. The van der Waals surface area contributed by atoms with Crippen LogP contribution in [-0.4, -0.2) is 38.3 Å². The van der Waals surface area contributed by atoms with Gasteiger partial charge >= 0.3 is 0 Å². The van der Waals surface area contributed by atoms with Gasteiger partial charge in [0.25, 0.3) is 0 Å². The van der Waals surface area contributed by atoms with Crippen molar-refractivity contribution < 1.29 is 14.3 Å². The third kappa shape index (κ3) is 4.37. The number of benzene rings is 2. The Morgan fingerprint density at radius 2 is 2.00 bits per heavy atom. The minimum absolute atomic E-state index is 0.00543. The van der Waals surface area contributed by atoms with Crippen LogP contribution in [0.15, 0.2) is 48.7 Å². The highest BCUT2D eigenvalue weighted by Gasteiger charge is 2.22. The number of carbonyl (C=O) groups is 1. The van der Waals surface area contributed by atoms with Crippen molar-refractivity contribution in [2.45, 2.75) is 25.7 Å². The van der Waals surface area contributed by atoms with Crippen molar-refractivity contribution in [3.05, 3.63) is 65.4 Å². The van der Waals surface area contributed by atoms with Gasteiger partial charge < -0.3 is 19.8 Å². The molecule has 0 radical (unpaired) electrons. The molecule has 0 saturated heterocycles. The smallest absolute Gasteiger partial charge is 0.221 e. The minimum atomic E-state index is -0.0708. The molecule has 0 spiro atoms. The van der Waals surface area contributed by atoms with Crippen LogP contribution in [0, 0.1) is 0 Å². The van der Waals surface area contributed by atoms with E-state index in [2.05, 4.69) is 41.5 Å². The molecular weight excluding hydrogens is 352 g/mol. The lowest BCUT2D eigenvalue weighted by atomic mass is 9.87. The van der Waals surface area contributed by atoms with Crippen molar-refractivity contribution >= 4 is 16.8 Å². The highest BCUT2D eigenvalue weighted by molar-refractivity contribution is 5.88. The number of ether oxygens (including phenoxy) is 2. The molecule has 3 rings (SSSR count). The summed E-state index contributed by atoms with van der Waals surface area (Å²) in [5.74, 6) is 0.723. The fraction of sp³-hybridized carbons (Fsp3) is 0.348. The van der Waals surface area contributed by atoms with Gasteiger partial charge in [0, 0.05) is 43.1 Å². The fourth-order valence-electron chi connectivity index (χ4n) is 3.64. The maximum atomic E-state index is 12.6. The van der Waals surface area contributed by atoms with E-state index in [4.69, 9.17) is 9.47 Å². The van der Waals surface area contributed by atoms with Gasteiger partial charge in [0.05, 0.1) is 13.7 Å². The van der Waals surface area contributed by atoms with Crippen LogP contribution >= 0.6 is 0 Å². The number of H-pyrrole nitrogens is 1. The van der Waals surface area contributed by atoms with Crippen LogP contribution in [0.25, 0.3) is 10.9 Å². The van der Waals surface area contributed by atoms with Crippen molar-refractivity contribution in [2.24, 2.45) is 0 Å². The number of fused-ring (bicyclic) bond motifs is 1. The molecule has 0 aliphatic carbocycles. The molecule has 5 heteroatoms. The van der Waals surface area contributed by atoms with Gasteiger partial charge in [-0.25, -0.2) is 0 Å². The number of rotatable bonds is 9. The monoisotopic (exact) mass is 380 g/mol. The molecule has 1 atom stereocenters. The molecule has 3 aromatic rings. The number of carbonyl (C=O) groups excluding carboxylic acids is 1. The van der Waals surface area contributed by atoms with Gasteiger partial charge in [0.2, 0.25) is 5.91 Å². The third-order valence-corrected chi connectivity index (χ3v) is 5.10. The van der Waals surface area contributed by atoms with Gasteiger partial charge in [0.1, 0.15) is 5.75 Å². The Bertz CT molecular complexity index is 932. The maximum absolute atomic E-state index is 12.6. The van der Waals surface area contributed by atoms with E-state index < -0.39 is 0 Å². The summed E-state index contributed by atoms with van der Waals surface area (Å²) in [6.07, 6.45) is 3.36. The summed E-state index contributed by atoms with van der Waals surface area (Å²) in [5, 5.41) is 4.10. The van der Waals surface area contributed by atoms with Crippen LogP contribution in [-0.2, 0) is 16.0 Å². The van der Waals surface area contributed by atoms with Crippen molar-refractivity contribution in [3.63, 3.8) is 0 Å². The first-order chi connectivity index (χ1) is 13.7. The van der Waals surface area contributed by atoms with Crippen molar-refractivity contribution in [1.29, 1.82) is 0 Å². The van der Waals surface area contributed by atoms with Gasteiger partial charge in [-0.05, 0) is 35.2 Å². The largest absolute Gasteiger partial charge is 0.497 e. The lowest BCUT2D eigenvalue weighted by Crippen LogP contribution is -2.28. The molecule has 1 heterocycles. The normalized spacial score (nSPS) is 12.1. The Morgan fingerprint density at radius 1 is 1.18 bits per heavy atom. The molecule has 0 fully saturated rings. The molecule has 0 aliphatic rings. The average Bonchev–Trinajstić information content (AvgIpc) is 3.16. The van der Waals surface area contributed by atoms with E-state index >= 15 is 0 Å². The second-order valence-corrected chi connectivity index (χ2v) is 6.81. The van der Waals surface area contributed by atoms with Crippen LogP contribution in [0.1, 0.15) is 36.0 Å². The van der Waals surface area contributed by atoms with Crippen molar-refractivity contribution in [1.82, 2.24) is 10.3 Å². The number of para-hydroxylation sites is 1. The predicted molar refractivity (Wildman–Crippen MR) is 112 cm³/mol. The summed E-state index contributed by atoms with van der Waals surface area (Å²) in [6.45, 7) is 3.16. The Labute approximate surface area is 166 Å². The molecule has 2 aromatic carbocycles. The minimum Gasteiger partial charge on any atom is -0.497 e. The molecule has 0 saturated carbocycles. The number of aromatic nitrogens is 1. The van der Waals surface area contributed by atoms with Gasteiger partial charge in [-0.3, -0.25) is 4.79 Å². The highest BCUT2D eigenvalue weighted by atomic mass is 16.5. The van der Waals surface area contributed by atoms with Gasteiger partial charge in [-0.15, -0.1) is 0 Å². The second kappa shape index (κ2) is 9.42. The lowest BCUT2D eigenvalue weighted by molar-refractivity contribution is -0.121. The standard InChI is InChI=1S/C23H28N2O3/c1-4-16-7-6-10-19-21(15-25-23(16)19)20(14-22(26)24-11-12-27-2)17-8-5-9-18(13-17)28-3/h5-10,13,15,20,25H,4,11-12,14H2,1-3H3,(H,24,26). The molecule has 1 unspecified atom stereocenters. The summed E-state index contributed by atoms with van der Waals surface area (Å²) in [7, 11) is 3.28. The predicted octanol–water partition coefficient (Wildman–Crippen LogP) is 4.02.